The third-order valence-electron chi connectivity index (χ3n) is 9.35. The predicted molar refractivity (Wildman–Crippen MR) is 242 cm³/mol. The van der Waals surface area contributed by atoms with Crippen LogP contribution in [0.15, 0.2) is 73.1 Å². The lowest BCUT2D eigenvalue weighted by molar-refractivity contribution is -0.870. The van der Waals surface area contributed by atoms with Gasteiger partial charge in [0.2, 0.25) is 0 Å². The minimum atomic E-state index is -4.30. The van der Waals surface area contributed by atoms with Gasteiger partial charge in [0.25, 0.3) is 0 Å². The van der Waals surface area contributed by atoms with Crippen LogP contribution in [-0.2, 0) is 27.9 Å². The Morgan fingerprint density at radius 3 is 1.54 bits per heavy atom. The number of hydrogen-bond donors (Lipinski definition) is 1. The lowest BCUT2D eigenvalue weighted by Gasteiger charge is -2.24. The standard InChI is InChI=1S/C48H86NO7P/c1-6-8-10-12-14-16-18-20-22-24-25-26-27-29-31-33-35-37-39-41-48(50)56-47(46-55-57(51,52)54-44-42-49(3,4)5)45-53-43-40-38-36-34-32-30-28-23-21-19-17-15-13-11-9-7-2/h8,10,14,16,20,22,25-26,29,31,40,43,47H,6-7,9,11-13,15,17-19,21,23-24,27-28,30,32-39,41-42,44-46H2,1-5H3/p+1/b10-8-,16-14-,22-20-,26-25-,31-29-,43-40-. The Balaban J connectivity index is 4.35. The number of ether oxygens (including phenoxy) is 2. The maximum Gasteiger partial charge on any atom is 0.472 e. The van der Waals surface area contributed by atoms with Crippen LogP contribution in [0.5, 0.6) is 0 Å². The van der Waals surface area contributed by atoms with E-state index in [4.69, 9.17) is 18.5 Å². The molecule has 57 heavy (non-hydrogen) atoms. The van der Waals surface area contributed by atoms with Gasteiger partial charge in [0.15, 0.2) is 6.10 Å². The average Bonchev–Trinajstić information content (AvgIpc) is 3.16. The van der Waals surface area contributed by atoms with Crippen LogP contribution in [0.3, 0.4) is 0 Å². The molecule has 8 nitrogen and oxygen atoms in total. The van der Waals surface area contributed by atoms with Crippen molar-refractivity contribution in [3.8, 4) is 0 Å². The fourth-order valence-corrected chi connectivity index (χ4v) is 6.58. The van der Waals surface area contributed by atoms with Gasteiger partial charge in [0, 0.05) is 6.42 Å². The molecule has 0 spiro atoms. The van der Waals surface area contributed by atoms with E-state index in [9.17, 15) is 14.3 Å². The first kappa shape index (κ1) is 54.8. The third-order valence-corrected chi connectivity index (χ3v) is 10.3. The minimum Gasteiger partial charge on any atom is -0.498 e. The molecule has 0 radical (unpaired) electrons. The van der Waals surface area contributed by atoms with Crippen molar-refractivity contribution < 1.29 is 37.3 Å². The highest BCUT2D eigenvalue weighted by Gasteiger charge is 2.26. The number of phosphoric ester groups is 1. The second-order valence-electron chi connectivity index (χ2n) is 16.1. The van der Waals surface area contributed by atoms with Crippen molar-refractivity contribution in [3.05, 3.63) is 73.1 Å². The summed E-state index contributed by atoms with van der Waals surface area (Å²) in [5, 5.41) is 0. The topological polar surface area (TPSA) is 91.3 Å². The summed E-state index contributed by atoms with van der Waals surface area (Å²) < 4.78 is 34.7. The van der Waals surface area contributed by atoms with Crippen molar-refractivity contribution in [2.75, 3.05) is 47.5 Å². The molecule has 0 fully saturated rings. The normalized spacial score (nSPS) is 14.4. The van der Waals surface area contributed by atoms with Crippen molar-refractivity contribution in [1.82, 2.24) is 0 Å². The molecule has 0 heterocycles. The van der Waals surface area contributed by atoms with Crippen molar-refractivity contribution in [1.29, 1.82) is 0 Å². The first-order valence-corrected chi connectivity index (χ1v) is 24.2. The number of carbonyl (C=O) groups excluding carboxylic acids is 1. The fourth-order valence-electron chi connectivity index (χ4n) is 5.84. The maximum absolute atomic E-state index is 12.7. The molecule has 0 aromatic heterocycles. The molecule has 2 atom stereocenters. The van der Waals surface area contributed by atoms with Crippen molar-refractivity contribution in [2.24, 2.45) is 0 Å². The van der Waals surface area contributed by atoms with Gasteiger partial charge in [0.05, 0.1) is 34.0 Å². The van der Waals surface area contributed by atoms with Gasteiger partial charge >= 0.3 is 13.8 Å². The Kier molecular flexibility index (Phi) is 39.0. The van der Waals surface area contributed by atoms with E-state index in [0.717, 1.165) is 64.2 Å². The van der Waals surface area contributed by atoms with Gasteiger partial charge in [-0.1, -0.05) is 164 Å². The maximum atomic E-state index is 12.7. The van der Waals surface area contributed by atoms with E-state index < -0.39 is 13.9 Å². The third kappa shape index (κ3) is 44.7. The lowest BCUT2D eigenvalue weighted by atomic mass is 10.0. The van der Waals surface area contributed by atoms with Crippen LogP contribution in [0.4, 0.5) is 0 Å². The van der Waals surface area contributed by atoms with Gasteiger partial charge in [-0.2, -0.15) is 0 Å². The molecule has 1 N–H and O–H groups in total. The molecule has 0 rings (SSSR count). The summed E-state index contributed by atoms with van der Waals surface area (Å²) in [6.07, 6.45) is 53.2. The summed E-state index contributed by atoms with van der Waals surface area (Å²) in [5.41, 5.74) is 0. The van der Waals surface area contributed by atoms with Crippen molar-refractivity contribution >= 4 is 13.8 Å². The van der Waals surface area contributed by atoms with Gasteiger partial charge in [-0.25, -0.2) is 4.57 Å². The molecule has 0 aliphatic carbocycles. The molecule has 0 saturated carbocycles. The monoisotopic (exact) mass is 821 g/mol. The Labute approximate surface area is 351 Å². The van der Waals surface area contributed by atoms with Crippen molar-refractivity contribution in [3.63, 3.8) is 0 Å². The number of carbonyl (C=O) groups is 1. The van der Waals surface area contributed by atoms with Crippen LogP contribution < -0.4 is 0 Å². The van der Waals surface area contributed by atoms with Gasteiger partial charge in [0.1, 0.15) is 19.8 Å². The molecule has 0 amide bonds. The van der Waals surface area contributed by atoms with Gasteiger partial charge in [-0.05, 0) is 70.3 Å². The SMILES string of the molecule is CC/C=C\C/C=C\C/C=C\C/C=C\C/C=C\CCCCCC(=O)OC(CO/C=C\CCCCCCCCCCCCCCCC)COP(=O)(O)OCC[N+](C)(C)C. The summed E-state index contributed by atoms with van der Waals surface area (Å²) in [6, 6.07) is 0. The largest absolute Gasteiger partial charge is 0.498 e. The molecule has 9 heteroatoms. The summed E-state index contributed by atoms with van der Waals surface area (Å²) in [4.78, 5) is 22.9. The van der Waals surface area contributed by atoms with E-state index in [1.54, 1.807) is 6.26 Å². The molecule has 0 aromatic carbocycles. The molecule has 0 aliphatic rings. The molecule has 0 aromatic rings. The lowest BCUT2D eigenvalue weighted by Crippen LogP contribution is -2.37. The number of hydrogen-bond acceptors (Lipinski definition) is 6. The molecular formula is C48H87NO7P+. The van der Waals surface area contributed by atoms with Crippen LogP contribution in [-0.4, -0.2) is 69.0 Å². The number of likely N-dealkylation sites (N-methyl/N-ethyl adjacent to an activating group) is 1. The first-order chi connectivity index (χ1) is 27.6. The minimum absolute atomic E-state index is 0.0317. The van der Waals surface area contributed by atoms with Crippen molar-refractivity contribution in [2.45, 2.75) is 180 Å². The number of quaternary nitrogens is 1. The number of esters is 1. The quantitative estimate of drug-likeness (QED) is 0.0164. The summed E-state index contributed by atoms with van der Waals surface area (Å²) in [6.45, 7) is 4.77. The number of unbranched alkanes of at least 4 members (excludes halogenated alkanes) is 17. The van der Waals surface area contributed by atoms with E-state index in [1.807, 2.05) is 27.2 Å². The molecule has 0 aliphatic heterocycles. The summed E-state index contributed by atoms with van der Waals surface area (Å²) in [7, 11) is 1.60. The Hall–Kier alpha value is -2.22. The van der Waals surface area contributed by atoms with E-state index >= 15 is 0 Å². The molecule has 2 unspecified atom stereocenters. The average molecular weight is 821 g/mol. The number of rotatable bonds is 41. The number of phosphoric acid groups is 1. The second-order valence-corrected chi connectivity index (χ2v) is 17.6. The fraction of sp³-hybridized carbons (Fsp3) is 0.729. The van der Waals surface area contributed by atoms with E-state index in [2.05, 4.69) is 74.6 Å². The van der Waals surface area contributed by atoms with Crippen LogP contribution in [0.25, 0.3) is 0 Å². The molecule has 0 bridgehead atoms. The molecule has 330 valence electrons. The highest BCUT2D eigenvalue weighted by atomic mass is 31.2. The van der Waals surface area contributed by atoms with Crippen LogP contribution in [0.1, 0.15) is 174 Å². The zero-order valence-corrected chi connectivity index (χ0v) is 38.2. The Bertz CT molecular complexity index is 1140. The van der Waals surface area contributed by atoms with E-state index in [-0.39, 0.29) is 32.2 Å². The number of nitrogens with zero attached hydrogens (tertiary/aromatic N) is 1. The Morgan fingerprint density at radius 1 is 0.579 bits per heavy atom. The van der Waals surface area contributed by atoms with Crippen LogP contribution in [0, 0.1) is 0 Å². The number of allylic oxidation sites excluding steroid dienone is 11. The van der Waals surface area contributed by atoms with Crippen LogP contribution >= 0.6 is 7.82 Å². The van der Waals surface area contributed by atoms with E-state index in [1.165, 1.54) is 83.5 Å². The van der Waals surface area contributed by atoms with Gasteiger partial charge < -0.3 is 18.9 Å². The van der Waals surface area contributed by atoms with Gasteiger partial charge in [-0.3, -0.25) is 13.8 Å². The van der Waals surface area contributed by atoms with Gasteiger partial charge in [-0.15, -0.1) is 0 Å². The second kappa shape index (κ2) is 40.6. The van der Waals surface area contributed by atoms with E-state index in [0.29, 0.717) is 17.4 Å². The zero-order chi connectivity index (χ0) is 42.0. The molecule has 0 saturated heterocycles. The Morgan fingerprint density at radius 2 is 1.04 bits per heavy atom. The first-order valence-electron chi connectivity index (χ1n) is 22.7. The summed E-state index contributed by atoms with van der Waals surface area (Å²) in [5.74, 6) is -0.368. The highest BCUT2D eigenvalue weighted by Crippen LogP contribution is 2.43. The highest BCUT2D eigenvalue weighted by molar-refractivity contribution is 7.47. The van der Waals surface area contributed by atoms with Crippen LogP contribution in [0.2, 0.25) is 0 Å². The molecular weight excluding hydrogens is 734 g/mol. The predicted octanol–water partition coefficient (Wildman–Crippen LogP) is 13.8. The smallest absolute Gasteiger partial charge is 0.472 e. The summed E-state index contributed by atoms with van der Waals surface area (Å²) >= 11 is 0. The zero-order valence-electron chi connectivity index (χ0n) is 37.3.